The van der Waals surface area contributed by atoms with Crippen LogP contribution in [0.5, 0.6) is 0 Å². The van der Waals surface area contributed by atoms with Crippen LogP contribution in [-0.2, 0) is 6.42 Å². The van der Waals surface area contributed by atoms with Crippen LogP contribution in [-0.4, -0.2) is 12.2 Å². The fraction of sp³-hybridized carbons (Fsp3) is 0.400. The maximum Gasteiger partial charge on any atom is 0.129 e. The van der Waals surface area contributed by atoms with E-state index >= 15 is 0 Å². The highest BCUT2D eigenvalue weighted by Gasteiger charge is 2.29. The van der Waals surface area contributed by atoms with Crippen LogP contribution in [0, 0.1) is 0 Å². The molecule has 1 aliphatic heterocycles. The molecular formula is C10H11BrFN. The quantitative estimate of drug-likeness (QED) is 0.739. The van der Waals surface area contributed by atoms with Crippen LogP contribution in [0.15, 0.2) is 22.7 Å². The van der Waals surface area contributed by atoms with Gasteiger partial charge < -0.3 is 5.32 Å². The summed E-state index contributed by atoms with van der Waals surface area (Å²) < 4.78 is 14.6. The Labute approximate surface area is 85.5 Å². The smallest absolute Gasteiger partial charge is 0.129 e. The van der Waals surface area contributed by atoms with Gasteiger partial charge in [-0.1, -0.05) is 12.1 Å². The van der Waals surface area contributed by atoms with Crippen molar-refractivity contribution in [2.45, 2.75) is 19.0 Å². The molecule has 0 spiro atoms. The Balaban J connectivity index is 2.42. The summed E-state index contributed by atoms with van der Waals surface area (Å²) in [6.45, 7) is 2.02. The molecule has 1 nitrogen and oxygen atoms in total. The third-order valence-corrected chi connectivity index (χ3v) is 2.95. The molecule has 1 unspecified atom stereocenters. The molecule has 0 amide bonds. The number of rotatable bonds is 0. The van der Waals surface area contributed by atoms with E-state index in [0.29, 0.717) is 13.0 Å². The van der Waals surface area contributed by atoms with Crippen LogP contribution >= 0.6 is 15.9 Å². The molecule has 70 valence electrons. The van der Waals surface area contributed by atoms with Crippen LogP contribution in [0.1, 0.15) is 12.5 Å². The van der Waals surface area contributed by atoms with Crippen molar-refractivity contribution >= 4 is 21.6 Å². The van der Waals surface area contributed by atoms with E-state index in [0.717, 1.165) is 15.7 Å². The van der Waals surface area contributed by atoms with E-state index in [1.165, 1.54) is 0 Å². The zero-order valence-corrected chi connectivity index (χ0v) is 8.99. The molecule has 13 heavy (non-hydrogen) atoms. The second-order valence-electron chi connectivity index (χ2n) is 3.72. The summed E-state index contributed by atoms with van der Waals surface area (Å²) in [4.78, 5) is 0. The molecule has 0 fully saturated rings. The summed E-state index contributed by atoms with van der Waals surface area (Å²) in [6.07, 6.45) is 0.495. The average molecular weight is 244 g/mol. The summed E-state index contributed by atoms with van der Waals surface area (Å²) in [7, 11) is 0. The molecule has 1 aliphatic rings. The molecule has 1 N–H and O–H groups in total. The van der Waals surface area contributed by atoms with Crippen LogP contribution in [0.3, 0.4) is 0 Å². The van der Waals surface area contributed by atoms with Gasteiger partial charge in [-0.25, -0.2) is 4.39 Å². The van der Waals surface area contributed by atoms with Gasteiger partial charge in [0.2, 0.25) is 0 Å². The Morgan fingerprint density at radius 1 is 1.54 bits per heavy atom. The van der Waals surface area contributed by atoms with Crippen LogP contribution in [0.25, 0.3) is 0 Å². The normalized spacial score (nSPS) is 26.4. The van der Waals surface area contributed by atoms with Gasteiger partial charge in [0.15, 0.2) is 0 Å². The monoisotopic (exact) mass is 243 g/mol. The molecular weight excluding hydrogens is 233 g/mol. The van der Waals surface area contributed by atoms with Crippen molar-refractivity contribution in [2.24, 2.45) is 0 Å². The van der Waals surface area contributed by atoms with Crippen molar-refractivity contribution in [1.82, 2.24) is 0 Å². The lowest BCUT2D eigenvalue weighted by molar-refractivity contribution is 0.202. The molecule has 3 heteroatoms. The second-order valence-corrected chi connectivity index (χ2v) is 4.57. The number of alkyl halides is 1. The first-order valence-corrected chi connectivity index (χ1v) is 5.08. The first-order chi connectivity index (χ1) is 6.08. The van der Waals surface area contributed by atoms with E-state index < -0.39 is 5.67 Å². The minimum Gasteiger partial charge on any atom is -0.381 e. The molecule has 1 atom stereocenters. The maximum atomic E-state index is 13.6. The van der Waals surface area contributed by atoms with Crippen molar-refractivity contribution in [3.8, 4) is 0 Å². The first-order valence-electron chi connectivity index (χ1n) is 4.29. The number of halogens is 2. The van der Waals surface area contributed by atoms with Crippen LogP contribution < -0.4 is 5.32 Å². The third-order valence-electron chi connectivity index (χ3n) is 2.29. The van der Waals surface area contributed by atoms with Crippen molar-refractivity contribution in [3.63, 3.8) is 0 Å². The van der Waals surface area contributed by atoms with Crippen molar-refractivity contribution in [2.75, 3.05) is 11.9 Å². The lowest BCUT2D eigenvalue weighted by Gasteiger charge is -2.29. The van der Waals surface area contributed by atoms with Gasteiger partial charge in [0.05, 0.1) is 5.69 Å². The van der Waals surface area contributed by atoms with Gasteiger partial charge in [0.25, 0.3) is 0 Å². The van der Waals surface area contributed by atoms with E-state index in [9.17, 15) is 4.39 Å². The molecule has 0 radical (unpaired) electrons. The molecule has 2 rings (SSSR count). The van der Waals surface area contributed by atoms with Gasteiger partial charge in [-0.15, -0.1) is 0 Å². The minimum atomic E-state index is -1.12. The minimum absolute atomic E-state index is 0.391. The van der Waals surface area contributed by atoms with Crippen molar-refractivity contribution in [3.05, 3.63) is 28.2 Å². The highest BCUT2D eigenvalue weighted by molar-refractivity contribution is 9.10. The van der Waals surface area contributed by atoms with Gasteiger partial charge in [-0.05, 0) is 34.5 Å². The Kier molecular flexibility index (Phi) is 2.06. The molecule has 0 saturated heterocycles. The standard InChI is InChI=1S/C10H11BrFN/c1-10(12)5-7-3-2-4-8(11)9(7)13-6-10/h2-4,13H,5-6H2,1H3. The number of hydrogen-bond donors (Lipinski definition) is 1. The zero-order chi connectivity index (χ0) is 9.47. The predicted molar refractivity (Wildman–Crippen MR) is 55.8 cm³/mol. The maximum absolute atomic E-state index is 13.6. The van der Waals surface area contributed by atoms with Gasteiger partial charge >= 0.3 is 0 Å². The summed E-state index contributed by atoms with van der Waals surface area (Å²) in [5.41, 5.74) is 0.969. The number of nitrogens with one attached hydrogen (secondary N) is 1. The third kappa shape index (κ3) is 1.70. The molecule has 0 bridgehead atoms. The topological polar surface area (TPSA) is 12.0 Å². The van der Waals surface area contributed by atoms with E-state index in [1.807, 2.05) is 18.2 Å². The second kappa shape index (κ2) is 2.98. The predicted octanol–water partition coefficient (Wildman–Crippen LogP) is 3.15. The summed E-state index contributed by atoms with van der Waals surface area (Å²) >= 11 is 3.43. The van der Waals surface area contributed by atoms with Gasteiger partial charge in [-0.3, -0.25) is 0 Å². The molecule has 0 saturated carbocycles. The largest absolute Gasteiger partial charge is 0.381 e. The Bertz CT molecular complexity index is 336. The highest BCUT2D eigenvalue weighted by atomic mass is 79.9. The van der Waals surface area contributed by atoms with Crippen LogP contribution in [0.4, 0.5) is 10.1 Å². The molecule has 0 aliphatic carbocycles. The van der Waals surface area contributed by atoms with E-state index in [-0.39, 0.29) is 0 Å². The summed E-state index contributed by atoms with van der Waals surface area (Å²) in [5, 5.41) is 3.10. The molecule has 0 aromatic heterocycles. The van der Waals surface area contributed by atoms with E-state index in [4.69, 9.17) is 0 Å². The Hall–Kier alpha value is -0.570. The first kappa shape index (κ1) is 9.00. The number of hydrogen-bond acceptors (Lipinski definition) is 1. The number of para-hydroxylation sites is 1. The van der Waals surface area contributed by atoms with Gasteiger partial charge in [0, 0.05) is 17.4 Å². The SMILES string of the molecule is CC1(F)CNc2c(Br)cccc2C1. The zero-order valence-electron chi connectivity index (χ0n) is 7.40. The summed E-state index contributed by atoms with van der Waals surface area (Å²) in [6, 6.07) is 5.86. The Morgan fingerprint density at radius 2 is 2.31 bits per heavy atom. The Morgan fingerprint density at radius 3 is 3.08 bits per heavy atom. The van der Waals surface area contributed by atoms with Crippen molar-refractivity contribution < 1.29 is 4.39 Å². The number of anilines is 1. The number of benzene rings is 1. The highest BCUT2D eigenvalue weighted by Crippen LogP contribution is 2.34. The summed E-state index contributed by atoms with van der Waals surface area (Å²) in [5.74, 6) is 0. The van der Waals surface area contributed by atoms with E-state index in [2.05, 4.69) is 21.2 Å². The lowest BCUT2D eigenvalue weighted by Crippen LogP contribution is -2.35. The molecule has 1 aromatic rings. The van der Waals surface area contributed by atoms with Gasteiger partial charge in [-0.2, -0.15) is 0 Å². The average Bonchev–Trinajstić information content (AvgIpc) is 2.02. The van der Waals surface area contributed by atoms with E-state index in [1.54, 1.807) is 6.92 Å². The number of fused-ring (bicyclic) bond motifs is 1. The van der Waals surface area contributed by atoms with Crippen molar-refractivity contribution in [1.29, 1.82) is 0 Å². The van der Waals surface area contributed by atoms with Gasteiger partial charge in [0.1, 0.15) is 5.67 Å². The molecule has 1 heterocycles. The lowest BCUT2D eigenvalue weighted by atomic mass is 9.93. The van der Waals surface area contributed by atoms with Crippen LogP contribution in [0.2, 0.25) is 0 Å². The fourth-order valence-corrected chi connectivity index (χ4v) is 2.19. The fourth-order valence-electron chi connectivity index (χ4n) is 1.65. The molecule has 1 aromatic carbocycles.